The molecule has 1 aliphatic heterocycles. The number of nitrogens with zero attached hydrogens (tertiary/aromatic N) is 1. The lowest BCUT2D eigenvalue weighted by Gasteiger charge is -2.31. The molecular weight excluding hydrogens is 494 g/mol. The largest absolute Gasteiger partial charge is 0.469 e. The minimum absolute atomic E-state index is 0.0784. The lowest BCUT2D eigenvalue weighted by atomic mass is 9.76. The van der Waals surface area contributed by atoms with Crippen molar-refractivity contribution in [3.05, 3.63) is 95.6 Å². The first-order valence-corrected chi connectivity index (χ1v) is 13.3. The molecule has 3 aromatic carbocycles. The average molecular weight is 528 g/mol. The molecule has 2 aliphatic rings. The lowest BCUT2D eigenvalue weighted by Crippen LogP contribution is -2.46. The third kappa shape index (κ3) is 5.19. The van der Waals surface area contributed by atoms with E-state index in [1.54, 1.807) is 0 Å². The van der Waals surface area contributed by atoms with E-state index < -0.39 is 30.1 Å². The van der Waals surface area contributed by atoms with Crippen molar-refractivity contribution in [3.8, 4) is 11.1 Å². The smallest absolute Gasteiger partial charge is 0.410 e. The number of aliphatic hydroxyl groups excluding tert-OH is 1. The molecule has 3 aromatic rings. The van der Waals surface area contributed by atoms with Crippen molar-refractivity contribution >= 4 is 17.8 Å². The second-order valence-corrected chi connectivity index (χ2v) is 10.4. The number of esters is 1. The Morgan fingerprint density at radius 3 is 2.15 bits per heavy atom. The van der Waals surface area contributed by atoms with Crippen LogP contribution in [0.5, 0.6) is 0 Å². The van der Waals surface area contributed by atoms with Crippen LogP contribution >= 0.6 is 0 Å². The molecule has 0 saturated carbocycles. The third-order valence-corrected chi connectivity index (χ3v) is 8.01. The van der Waals surface area contributed by atoms with Crippen LogP contribution in [0, 0.1) is 5.41 Å². The number of benzene rings is 3. The number of hydrogen-bond donors (Lipinski definition) is 1. The summed E-state index contributed by atoms with van der Waals surface area (Å²) >= 11 is 0. The first-order chi connectivity index (χ1) is 19.0. The van der Waals surface area contributed by atoms with Gasteiger partial charge in [0.1, 0.15) is 12.0 Å². The number of amides is 1. The van der Waals surface area contributed by atoms with Gasteiger partial charge in [-0.25, -0.2) is 4.79 Å². The Bertz CT molecular complexity index is 1310. The van der Waals surface area contributed by atoms with Crippen LogP contribution in [-0.4, -0.2) is 60.8 Å². The highest BCUT2D eigenvalue weighted by Gasteiger charge is 2.45. The summed E-state index contributed by atoms with van der Waals surface area (Å²) in [5, 5.41) is 10.3. The number of likely N-dealkylation sites (tertiary alicyclic amines) is 1. The minimum atomic E-state index is -1.43. The predicted octanol–water partition coefficient (Wildman–Crippen LogP) is 4.75. The molecule has 1 saturated heterocycles. The van der Waals surface area contributed by atoms with Gasteiger partial charge in [-0.3, -0.25) is 14.5 Å². The fourth-order valence-corrected chi connectivity index (χ4v) is 6.03. The molecular formula is C32H33NO6. The van der Waals surface area contributed by atoms with Gasteiger partial charge >= 0.3 is 12.1 Å². The van der Waals surface area contributed by atoms with E-state index in [0.29, 0.717) is 19.4 Å². The molecule has 1 fully saturated rings. The molecule has 5 rings (SSSR count). The van der Waals surface area contributed by atoms with E-state index in [9.17, 15) is 19.5 Å². The molecule has 1 N–H and O–H groups in total. The quantitative estimate of drug-likeness (QED) is 0.404. The molecule has 202 valence electrons. The summed E-state index contributed by atoms with van der Waals surface area (Å²) in [6.45, 7) is 0.0229. The summed E-state index contributed by atoms with van der Waals surface area (Å²) in [5.41, 5.74) is 3.90. The monoisotopic (exact) mass is 527 g/mol. The Labute approximate surface area is 228 Å². The Hall–Kier alpha value is -3.97. The topological polar surface area (TPSA) is 93.1 Å². The Morgan fingerprint density at radius 1 is 0.923 bits per heavy atom. The van der Waals surface area contributed by atoms with Crippen molar-refractivity contribution in [2.75, 3.05) is 26.9 Å². The van der Waals surface area contributed by atoms with Crippen LogP contribution in [0.25, 0.3) is 11.1 Å². The van der Waals surface area contributed by atoms with Crippen molar-refractivity contribution in [1.82, 2.24) is 4.90 Å². The summed E-state index contributed by atoms with van der Waals surface area (Å²) in [4.78, 5) is 41.1. The molecule has 0 bridgehead atoms. The lowest BCUT2D eigenvalue weighted by molar-refractivity contribution is -0.158. The van der Waals surface area contributed by atoms with Gasteiger partial charge in [0, 0.05) is 18.9 Å². The molecule has 0 radical (unpaired) electrons. The van der Waals surface area contributed by atoms with Crippen LogP contribution in [0.2, 0.25) is 0 Å². The minimum Gasteiger partial charge on any atom is -0.469 e. The Balaban J connectivity index is 1.29. The van der Waals surface area contributed by atoms with Crippen molar-refractivity contribution in [2.45, 2.75) is 37.6 Å². The number of ketones is 1. The summed E-state index contributed by atoms with van der Waals surface area (Å²) in [6.07, 6.45) is 0.521. The van der Waals surface area contributed by atoms with Gasteiger partial charge in [0.05, 0.1) is 19.8 Å². The van der Waals surface area contributed by atoms with E-state index in [0.717, 1.165) is 27.8 Å². The van der Waals surface area contributed by atoms with Crippen LogP contribution < -0.4 is 0 Å². The van der Waals surface area contributed by atoms with Gasteiger partial charge < -0.3 is 14.6 Å². The second-order valence-electron chi connectivity index (χ2n) is 10.4. The van der Waals surface area contributed by atoms with Gasteiger partial charge in [-0.05, 0) is 47.1 Å². The number of Topliss-reactive ketones (excluding diaryl/α,β-unsaturated/α-hetero) is 1. The summed E-state index contributed by atoms with van der Waals surface area (Å²) in [6, 6.07) is 24.8. The van der Waals surface area contributed by atoms with Gasteiger partial charge in [-0.15, -0.1) is 0 Å². The third-order valence-electron chi connectivity index (χ3n) is 8.01. The molecule has 39 heavy (non-hydrogen) atoms. The van der Waals surface area contributed by atoms with E-state index in [1.165, 1.54) is 12.0 Å². The van der Waals surface area contributed by atoms with Gasteiger partial charge in [-0.1, -0.05) is 78.9 Å². The molecule has 0 aromatic heterocycles. The highest BCUT2D eigenvalue weighted by molar-refractivity contribution is 5.92. The maximum Gasteiger partial charge on any atom is 0.410 e. The van der Waals surface area contributed by atoms with Gasteiger partial charge in [0.2, 0.25) is 0 Å². The number of rotatable bonds is 9. The number of fused-ring (bicyclic) bond motifs is 3. The summed E-state index contributed by atoms with van der Waals surface area (Å²) in [5.74, 6) is -1.00. The second kappa shape index (κ2) is 11.4. The molecule has 1 amide bonds. The fraction of sp³-hybridized carbons (Fsp3) is 0.344. The predicted molar refractivity (Wildman–Crippen MR) is 146 cm³/mol. The van der Waals surface area contributed by atoms with E-state index in [1.807, 2.05) is 54.6 Å². The van der Waals surface area contributed by atoms with Crippen LogP contribution in [0.3, 0.4) is 0 Å². The number of hydrogen-bond acceptors (Lipinski definition) is 6. The molecule has 7 heteroatoms. The highest BCUT2D eigenvalue weighted by Crippen LogP contribution is 2.44. The van der Waals surface area contributed by atoms with E-state index in [-0.39, 0.29) is 31.1 Å². The number of carbonyl (C=O) groups is 3. The van der Waals surface area contributed by atoms with Crippen molar-refractivity contribution in [2.24, 2.45) is 5.41 Å². The van der Waals surface area contributed by atoms with Gasteiger partial charge in [-0.2, -0.15) is 0 Å². The number of aliphatic hydroxyl groups is 1. The molecule has 2 atom stereocenters. The molecule has 1 heterocycles. The number of ether oxygens (including phenoxy) is 2. The van der Waals surface area contributed by atoms with Crippen molar-refractivity contribution in [1.29, 1.82) is 0 Å². The average Bonchev–Trinajstić information content (AvgIpc) is 3.59. The Morgan fingerprint density at radius 2 is 1.54 bits per heavy atom. The van der Waals surface area contributed by atoms with Crippen LogP contribution in [0.4, 0.5) is 4.79 Å². The van der Waals surface area contributed by atoms with Gasteiger partial charge in [0.25, 0.3) is 0 Å². The summed E-state index contributed by atoms with van der Waals surface area (Å²) in [7, 11) is 1.25. The molecule has 1 aliphatic carbocycles. The fourth-order valence-electron chi connectivity index (χ4n) is 6.03. The molecule has 1 unspecified atom stereocenters. The standard InChI is InChI=1S/C32H33NO6/c1-38-30(36)32(21-34,18-22-10-3-2-4-11-22)19-29(35)28-16-9-17-33(28)31(37)39-20-27-25-14-7-5-12-23(25)24-13-6-8-15-26(24)27/h2-8,10-15,27-28,34H,9,16-21H2,1H3/t28?,32-/m1/s1. The Kier molecular flexibility index (Phi) is 7.79. The zero-order chi connectivity index (χ0) is 27.4. The van der Waals surface area contributed by atoms with Gasteiger partial charge in [0.15, 0.2) is 5.78 Å². The van der Waals surface area contributed by atoms with Crippen molar-refractivity contribution < 1.29 is 29.0 Å². The summed E-state index contributed by atoms with van der Waals surface area (Å²) < 4.78 is 10.8. The molecule has 0 spiro atoms. The van der Waals surface area contributed by atoms with Crippen LogP contribution in [-0.2, 0) is 25.5 Å². The van der Waals surface area contributed by atoms with E-state index in [2.05, 4.69) is 24.3 Å². The first kappa shape index (κ1) is 26.6. The van der Waals surface area contributed by atoms with Crippen LogP contribution in [0.15, 0.2) is 78.9 Å². The van der Waals surface area contributed by atoms with E-state index >= 15 is 0 Å². The highest BCUT2D eigenvalue weighted by atomic mass is 16.6. The number of methoxy groups -OCH3 is 1. The normalized spacial score (nSPS) is 17.7. The van der Waals surface area contributed by atoms with E-state index in [4.69, 9.17) is 9.47 Å². The zero-order valence-electron chi connectivity index (χ0n) is 22.0. The maximum atomic E-state index is 13.6. The molecule has 7 nitrogen and oxygen atoms in total. The van der Waals surface area contributed by atoms with Crippen molar-refractivity contribution in [3.63, 3.8) is 0 Å². The first-order valence-electron chi connectivity index (χ1n) is 13.3. The van der Waals surface area contributed by atoms with Crippen LogP contribution in [0.1, 0.15) is 41.9 Å². The maximum absolute atomic E-state index is 13.6. The SMILES string of the molecule is COC(=O)[C@@](CO)(CC(=O)C1CCCN1C(=O)OCC1c2ccccc2-c2ccccc21)Cc1ccccc1. The number of carbonyl (C=O) groups excluding carboxylic acids is 3. The zero-order valence-corrected chi connectivity index (χ0v) is 22.0.